The molecule has 0 N–H and O–H groups in total. The molecule has 0 saturated heterocycles. The normalized spacial score (nSPS) is 24.2. The summed E-state index contributed by atoms with van der Waals surface area (Å²) in [7, 11) is 3.90. The van der Waals surface area contributed by atoms with Crippen molar-refractivity contribution in [2.75, 3.05) is 19.8 Å². The number of thiocarbonyl (C=S) groups is 1. The Kier molecular flexibility index (Phi) is 4.80. The first-order chi connectivity index (χ1) is 7.34. The first-order valence-corrected chi connectivity index (χ1v) is 7.11. The lowest BCUT2D eigenvalue weighted by atomic mass is 9.69. The van der Waals surface area contributed by atoms with Crippen LogP contribution in [0.3, 0.4) is 0 Å². The molecule has 0 aromatic carbocycles. The number of ketones is 1. The van der Waals surface area contributed by atoms with Gasteiger partial charge >= 0.3 is 0 Å². The molecule has 2 nitrogen and oxygen atoms in total. The van der Waals surface area contributed by atoms with E-state index in [4.69, 9.17) is 12.2 Å². The average Bonchev–Trinajstić information content (AvgIpc) is 2.15. The van der Waals surface area contributed by atoms with Crippen LogP contribution in [0.1, 0.15) is 33.1 Å². The third-order valence-corrected chi connectivity index (χ3v) is 5.15. The minimum Gasteiger partial charge on any atom is -0.364 e. The summed E-state index contributed by atoms with van der Waals surface area (Å²) in [6, 6.07) is 0. The second kappa shape index (κ2) is 5.50. The van der Waals surface area contributed by atoms with Crippen LogP contribution in [0.2, 0.25) is 0 Å². The van der Waals surface area contributed by atoms with Gasteiger partial charge in [0, 0.05) is 32.2 Å². The van der Waals surface area contributed by atoms with Gasteiger partial charge in [0.2, 0.25) is 0 Å². The van der Waals surface area contributed by atoms with E-state index in [0.29, 0.717) is 5.78 Å². The Hall–Kier alpha value is -0.0900. The SMILES string of the molecule is CN(C)C(=S)SCC1C(=O)CCCC1(C)C. The summed E-state index contributed by atoms with van der Waals surface area (Å²) in [5.74, 6) is 1.43. The summed E-state index contributed by atoms with van der Waals surface area (Å²) < 4.78 is 0.870. The van der Waals surface area contributed by atoms with E-state index < -0.39 is 0 Å². The van der Waals surface area contributed by atoms with Gasteiger partial charge in [-0.25, -0.2) is 0 Å². The van der Waals surface area contributed by atoms with Gasteiger partial charge in [-0.1, -0.05) is 37.8 Å². The van der Waals surface area contributed by atoms with E-state index in [1.165, 1.54) is 0 Å². The van der Waals surface area contributed by atoms with Crippen molar-refractivity contribution in [1.29, 1.82) is 0 Å². The van der Waals surface area contributed by atoms with E-state index in [-0.39, 0.29) is 11.3 Å². The molecule has 1 saturated carbocycles. The largest absolute Gasteiger partial charge is 0.364 e. The highest BCUT2D eigenvalue weighted by Gasteiger charge is 2.37. The number of hydrogen-bond acceptors (Lipinski definition) is 3. The zero-order valence-corrected chi connectivity index (χ0v) is 12.2. The lowest BCUT2D eigenvalue weighted by molar-refractivity contribution is -0.128. The first-order valence-electron chi connectivity index (χ1n) is 5.71. The van der Waals surface area contributed by atoms with Crippen LogP contribution in [0.15, 0.2) is 0 Å². The van der Waals surface area contributed by atoms with Gasteiger partial charge in [0.05, 0.1) is 0 Å². The molecular formula is C12H21NOS2. The number of carbonyl (C=O) groups excluding carboxylic acids is 1. The fraction of sp³-hybridized carbons (Fsp3) is 0.833. The van der Waals surface area contributed by atoms with Crippen LogP contribution >= 0.6 is 24.0 Å². The predicted octanol–water partition coefficient (Wildman–Crippen LogP) is 2.96. The number of thioether (sulfide) groups is 1. The zero-order valence-electron chi connectivity index (χ0n) is 10.6. The van der Waals surface area contributed by atoms with Gasteiger partial charge in [0.1, 0.15) is 10.1 Å². The van der Waals surface area contributed by atoms with Crippen LogP contribution in [0.4, 0.5) is 0 Å². The van der Waals surface area contributed by atoms with E-state index in [0.717, 1.165) is 29.3 Å². The Morgan fingerprint density at radius 3 is 2.69 bits per heavy atom. The Balaban J connectivity index is 2.56. The quantitative estimate of drug-likeness (QED) is 0.710. The molecule has 4 heteroatoms. The Morgan fingerprint density at radius 1 is 1.56 bits per heavy atom. The lowest BCUT2D eigenvalue weighted by Gasteiger charge is -2.37. The summed E-state index contributed by atoms with van der Waals surface area (Å²) in [6.07, 6.45) is 2.95. The molecule has 92 valence electrons. The van der Waals surface area contributed by atoms with Gasteiger partial charge in [0.25, 0.3) is 0 Å². The standard InChI is InChI=1S/C12H21NOS2/c1-12(2)7-5-6-10(14)9(12)8-16-11(15)13(3)4/h9H,5-8H2,1-4H3. The highest BCUT2D eigenvalue weighted by molar-refractivity contribution is 8.22. The van der Waals surface area contributed by atoms with Gasteiger partial charge in [-0.05, 0) is 18.3 Å². The van der Waals surface area contributed by atoms with Crippen molar-refractivity contribution in [1.82, 2.24) is 4.90 Å². The maximum atomic E-state index is 11.9. The minimum atomic E-state index is 0.143. The third-order valence-electron chi connectivity index (χ3n) is 3.31. The second-order valence-electron chi connectivity index (χ2n) is 5.33. The van der Waals surface area contributed by atoms with Crippen molar-refractivity contribution in [2.24, 2.45) is 11.3 Å². The number of Topliss-reactive ketones (excluding diaryl/α,β-unsaturated/α-hetero) is 1. The van der Waals surface area contributed by atoms with E-state index >= 15 is 0 Å². The maximum Gasteiger partial charge on any atom is 0.137 e. The van der Waals surface area contributed by atoms with Crippen LogP contribution in [-0.4, -0.2) is 34.9 Å². The van der Waals surface area contributed by atoms with Crippen molar-refractivity contribution >= 4 is 34.1 Å². The van der Waals surface area contributed by atoms with Crippen LogP contribution in [0, 0.1) is 11.3 Å². The molecule has 0 amide bonds. The summed E-state index contributed by atoms with van der Waals surface area (Å²) in [5, 5.41) is 0. The molecule has 1 unspecified atom stereocenters. The molecule has 1 fully saturated rings. The number of nitrogens with zero attached hydrogens (tertiary/aromatic N) is 1. The lowest BCUT2D eigenvalue weighted by Crippen LogP contribution is -2.37. The molecule has 1 rings (SSSR count). The fourth-order valence-electron chi connectivity index (χ4n) is 2.10. The van der Waals surface area contributed by atoms with Crippen LogP contribution in [-0.2, 0) is 4.79 Å². The molecule has 0 heterocycles. The van der Waals surface area contributed by atoms with E-state index in [2.05, 4.69) is 13.8 Å². The van der Waals surface area contributed by atoms with Crippen molar-refractivity contribution in [2.45, 2.75) is 33.1 Å². The molecule has 0 aromatic rings. The highest BCUT2D eigenvalue weighted by Crippen LogP contribution is 2.40. The molecule has 0 bridgehead atoms. The van der Waals surface area contributed by atoms with Gasteiger partial charge in [-0.3, -0.25) is 4.79 Å². The van der Waals surface area contributed by atoms with E-state index in [1.54, 1.807) is 11.8 Å². The second-order valence-corrected chi connectivity index (χ2v) is 6.99. The monoisotopic (exact) mass is 259 g/mol. The molecule has 0 aliphatic heterocycles. The molecule has 0 spiro atoms. The minimum absolute atomic E-state index is 0.143. The number of hydrogen-bond donors (Lipinski definition) is 0. The zero-order chi connectivity index (χ0) is 12.3. The summed E-state index contributed by atoms with van der Waals surface area (Å²) in [5.41, 5.74) is 0.143. The van der Waals surface area contributed by atoms with Gasteiger partial charge in [-0.2, -0.15) is 0 Å². The van der Waals surface area contributed by atoms with Crippen molar-refractivity contribution in [3.8, 4) is 0 Å². The van der Waals surface area contributed by atoms with E-state index in [1.807, 2.05) is 19.0 Å². The smallest absolute Gasteiger partial charge is 0.137 e. The van der Waals surface area contributed by atoms with Gasteiger partial charge in [-0.15, -0.1) is 0 Å². The summed E-state index contributed by atoms with van der Waals surface area (Å²) >= 11 is 6.87. The predicted molar refractivity (Wildman–Crippen MR) is 74.9 cm³/mol. The van der Waals surface area contributed by atoms with Gasteiger partial charge < -0.3 is 4.90 Å². The van der Waals surface area contributed by atoms with Crippen LogP contribution in [0.25, 0.3) is 0 Å². The molecule has 0 aromatic heterocycles. The van der Waals surface area contributed by atoms with Crippen molar-refractivity contribution < 1.29 is 4.79 Å². The van der Waals surface area contributed by atoms with Crippen LogP contribution in [0.5, 0.6) is 0 Å². The maximum absolute atomic E-state index is 11.9. The average molecular weight is 259 g/mol. The topological polar surface area (TPSA) is 20.3 Å². The van der Waals surface area contributed by atoms with Crippen molar-refractivity contribution in [3.63, 3.8) is 0 Å². The molecule has 16 heavy (non-hydrogen) atoms. The fourth-order valence-corrected chi connectivity index (χ4v) is 3.51. The van der Waals surface area contributed by atoms with Gasteiger partial charge in [0.15, 0.2) is 0 Å². The molecule has 1 aliphatic carbocycles. The Labute approximate surface area is 108 Å². The Bertz CT molecular complexity index is 287. The number of carbonyl (C=O) groups is 1. The molecule has 1 atom stereocenters. The summed E-state index contributed by atoms with van der Waals surface area (Å²) in [4.78, 5) is 13.9. The third kappa shape index (κ3) is 3.45. The van der Waals surface area contributed by atoms with Crippen molar-refractivity contribution in [3.05, 3.63) is 0 Å². The molecule has 1 aliphatic rings. The highest BCUT2D eigenvalue weighted by atomic mass is 32.2. The Morgan fingerprint density at radius 2 is 2.19 bits per heavy atom. The number of rotatable bonds is 2. The van der Waals surface area contributed by atoms with E-state index in [9.17, 15) is 4.79 Å². The molecule has 0 radical (unpaired) electrons. The summed E-state index contributed by atoms with van der Waals surface area (Å²) in [6.45, 7) is 4.40. The van der Waals surface area contributed by atoms with Crippen LogP contribution < -0.4 is 0 Å². The molecular weight excluding hydrogens is 238 g/mol. The first kappa shape index (κ1) is 14.0.